The van der Waals surface area contributed by atoms with Crippen LogP contribution in [-0.4, -0.2) is 33.5 Å². The molecule has 5 nitrogen and oxygen atoms in total. The lowest BCUT2D eigenvalue weighted by Crippen LogP contribution is -2.35. The van der Waals surface area contributed by atoms with Crippen LogP contribution in [0.1, 0.15) is 18.7 Å². The Bertz CT molecular complexity index is 639. The lowest BCUT2D eigenvalue weighted by atomic mass is 10.2. The van der Waals surface area contributed by atoms with E-state index in [1.165, 1.54) is 0 Å². The van der Waals surface area contributed by atoms with Gasteiger partial charge in [-0.1, -0.05) is 11.6 Å². The molecule has 2 aromatic rings. The highest BCUT2D eigenvalue weighted by atomic mass is 35.5. The molecular weight excluding hydrogens is 292 g/mol. The molecular formula is C15H15ClN2O3. The Morgan fingerprint density at radius 2 is 2.19 bits per heavy atom. The topological polar surface area (TPSA) is 66.6 Å². The zero-order valence-electron chi connectivity index (χ0n) is 11.3. The van der Waals surface area contributed by atoms with Gasteiger partial charge in [-0.15, -0.1) is 0 Å². The molecule has 1 aliphatic rings. The largest absolute Gasteiger partial charge is 0.480 e. The van der Waals surface area contributed by atoms with Crippen molar-refractivity contribution in [2.24, 2.45) is 0 Å². The number of likely N-dealkylation sites (tertiary alicyclic amines) is 1. The van der Waals surface area contributed by atoms with Crippen LogP contribution in [0.15, 0.2) is 34.9 Å². The predicted molar refractivity (Wildman–Crippen MR) is 78.0 cm³/mol. The van der Waals surface area contributed by atoms with Crippen LogP contribution in [-0.2, 0) is 11.3 Å². The molecule has 1 aromatic carbocycles. The molecule has 0 amide bonds. The van der Waals surface area contributed by atoms with E-state index in [0.717, 1.165) is 18.5 Å². The van der Waals surface area contributed by atoms with Crippen LogP contribution in [0.4, 0.5) is 0 Å². The number of aliphatic carboxylic acids is 1. The number of carboxylic acids is 1. The first-order valence-electron chi connectivity index (χ1n) is 6.81. The van der Waals surface area contributed by atoms with Gasteiger partial charge >= 0.3 is 5.97 Å². The van der Waals surface area contributed by atoms with Gasteiger partial charge in [0.2, 0.25) is 5.89 Å². The molecule has 0 unspecified atom stereocenters. The summed E-state index contributed by atoms with van der Waals surface area (Å²) in [5, 5.41) is 9.83. The van der Waals surface area contributed by atoms with Gasteiger partial charge in [-0.2, -0.15) is 0 Å². The maximum absolute atomic E-state index is 11.2. The number of carboxylic acid groups (broad SMARTS) is 1. The first kappa shape index (κ1) is 14.1. The maximum atomic E-state index is 11.2. The van der Waals surface area contributed by atoms with E-state index < -0.39 is 12.0 Å². The smallest absolute Gasteiger partial charge is 0.320 e. The Kier molecular flexibility index (Phi) is 3.94. The number of rotatable bonds is 4. The van der Waals surface area contributed by atoms with Gasteiger partial charge < -0.3 is 9.52 Å². The lowest BCUT2D eigenvalue weighted by molar-refractivity contribution is -0.142. The summed E-state index contributed by atoms with van der Waals surface area (Å²) in [6, 6.07) is 6.88. The van der Waals surface area contributed by atoms with Gasteiger partial charge in [0.15, 0.2) is 5.76 Å². The number of hydrogen-bond donors (Lipinski definition) is 1. The highest BCUT2D eigenvalue weighted by Gasteiger charge is 2.31. The third kappa shape index (κ3) is 3.09. The van der Waals surface area contributed by atoms with Gasteiger partial charge in [-0.3, -0.25) is 9.69 Å². The third-order valence-electron chi connectivity index (χ3n) is 3.67. The van der Waals surface area contributed by atoms with Crippen molar-refractivity contribution in [1.29, 1.82) is 0 Å². The molecule has 0 radical (unpaired) electrons. The van der Waals surface area contributed by atoms with Crippen LogP contribution >= 0.6 is 11.6 Å². The minimum Gasteiger partial charge on any atom is -0.480 e. The fourth-order valence-electron chi connectivity index (χ4n) is 2.60. The average Bonchev–Trinajstić information content (AvgIpc) is 3.09. The van der Waals surface area contributed by atoms with Crippen molar-refractivity contribution in [1.82, 2.24) is 9.88 Å². The summed E-state index contributed by atoms with van der Waals surface area (Å²) in [6.45, 7) is 1.18. The number of nitrogens with zero attached hydrogens (tertiary/aromatic N) is 2. The minimum absolute atomic E-state index is 0.421. The molecule has 0 spiro atoms. The maximum Gasteiger partial charge on any atom is 0.320 e. The van der Waals surface area contributed by atoms with E-state index >= 15 is 0 Å². The second kappa shape index (κ2) is 5.87. The number of halogens is 1. The van der Waals surface area contributed by atoms with Crippen LogP contribution in [0.2, 0.25) is 5.02 Å². The molecule has 1 aromatic heterocycles. The first-order chi connectivity index (χ1) is 10.1. The number of hydrogen-bond acceptors (Lipinski definition) is 4. The van der Waals surface area contributed by atoms with E-state index in [-0.39, 0.29) is 0 Å². The van der Waals surface area contributed by atoms with Gasteiger partial charge in [-0.05, 0) is 43.7 Å². The van der Waals surface area contributed by atoms with Gasteiger partial charge in [0.05, 0.1) is 12.7 Å². The highest BCUT2D eigenvalue weighted by Crippen LogP contribution is 2.25. The molecule has 21 heavy (non-hydrogen) atoms. The van der Waals surface area contributed by atoms with Crippen LogP contribution in [0.3, 0.4) is 0 Å². The molecule has 1 aliphatic heterocycles. The standard InChI is InChI=1S/C15H15ClN2O3/c16-11-5-3-10(4-6-11)13-8-17-14(21-13)9-18-7-1-2-12(18)15(19)20/h3-6,8,12H,1-2,7,9H2,(H,19,20)/t12-/m0/s1. The molecule has 1 saturated heterocycles. The van der Waals surface area contributed by atoms with Gasteiger partial charge in [0.1, 0.15) is 6.04 Å². The van der Waals surface area contributed by atoms with Gasteiger partial charge in [0.25, 0.3) is 0 Å². The van der Waals surface area contributed by atoms with Crippen molar-refractivity contribution in [2.45, 2.75) is 25.4 Å². The number of aromatic nitrogens is 1. The summed E-state index contributed by atoms with van der Waals surface area (Å²) in [4.78, 5) is 17.3. The van der Waals surface area contributed by atoms with Crippen LogP contribution in [0.5, 0.6) is 0 Å². The second-order valence-corrected chi connectivity index (χ2v) is 5.53. The Labute approximate surface area is 127 Å². The molecule has 0 aliphatic carbocycles. The zero-order valence-corrected chi connectivity index (χ0v) is 12.1. The number of oxazole rings is 1. The lowest BCUT2D eigenvalue weighted by Gasteiger charge is -2.18. The SMILES string of the molecule is O=C(O)[C@@H]1CCCN1Cc1ncc(-c2ccc(Cl)cc2)o1. The fourth-order valence-corrected chi connectivity index (χ4v) is 2.73. The highest BCUT2D eigenvalue weighted by molar-refractivity contribution is 6.30. The molecule has 1 fully saturated rings. The first-order valence-corrected chi connectivity index (χ1v) is 7.19. The quantitative estimate of drug-likeness (QED) is 0.940. The van der Waals surface area contributed by atoms with Crippen LogP contribution < -0.4 is 0 Å². The van der Waals surface area contributed by atoms with Crippen molar-refractivity contribution >= 4 is 17.6 Å². The fraction of sp³-hybridized carbons (Fsp3) is 0.333. The summed E-state index contributed by atoms with van der Waals surface area (Å²) in [5.41, 5.74) is 0.898. The molecule has 2 heterocycles. The van der Waals surface area contributed by atoms with Crippen molar-refractivity contribution < 1.29 is 14.3 Å². The Balaban J connectivity index is 1.73. The second-order valence-electron chi connectivity index (χ2n) is 5.09. The normalized spacial score (nSPS) is 19.0. The van der Waals surface area contributed by atoms with Crippen molar-refractivity contribution in [3.63, 3.8) is 0 Å². The van der Waals surface area contributed by atoms with Crippen molar-refractivity contribution in [3.05, 3.63) is 41.4 Å². The molecule has 1 atom stereocenters. The van der Waals surface area contributed by atoms with E-state index in [9.17, 15) is 4.79 Å². The Morgan fingerprint density at radius 3 is 2.90 bits per heavy atom. The number of carbonyl (C=O) groups is 1. The summed E-state index contributed by atoms with van der Waals surface area (Å²) in [5.74, 6) is 0.415. The summed E-state index contributed by atoms with van der Waals surface area (Å²) in [6.07, 6.45) is 3.23. The number of benzene rings is 1. The zero-order chi connectivity index (χ0) is 14.8. The molecule has 0 bridgehead atoms. The molecule has 1 N–H and O–H groups in total. The van der Waals surface area contributed by atoms with E-state index in [0.29, 0.717) is 29.6 Å². The van der Waals surface area contributed by atoms with E-state index in [4.69, 9.17) is 21.1 Å². The van der Waals surface area contributed by atoms with Gasteiger partial charge in [-0.25, -0.2) is 4.98 Å². The van der Waals surface area contributed by atoms with E-state index in [1.807, 2.05) is 17.0 Å². The minimum atomic E-state index is -0.781. The van der Waals surface area contributed by atoms with Crippen LogP contribution in [0, 0.1) is 0 Å². The monoisotopic (exact) mass is 306 g/mol. The Morgan fingerprint density at radius 1 is 1.43 bits per heavy atom. The molecule has 0 saturated carbocycles. The van der Waals surface area contributed by atoms with Crippen molar-refractivity contribution in [2.75, 3.05) is 6.54 Å². The average molecular weight is 307 g/mol. The van der Waals surface area contributed by atoms with Gasteiger partial charge in [0, 0.05) is 10.6 Å². The van der Waals surface area contributed by atoms with Crippen LogP contribution in [0.25, 0.3) is 11.3 Å². The predicted octanol–water partition coefficient (Wildman–Crippen LogP) is 3.04. The van der Waals surface area contributed by atoms with Crippen molar-refractivity contribution in [3.8, 4) is 11.3 Å². The summed E-state index contributed by atoms with van der Waals surface area (Å²) >= 11 is 5.85. The summed E-state index contributed by atoms with van der Waals surface area (Å²) < 4.78 is 5.71. The Hall–Kier alpha value is -1.85. The van der Waals surface area contributed by atoms with E-state index in [2.05, 4.69) is 4.98 Å². The summed E-state index contributed by atoms with van der Waals surface area (Å²) in [7, 11) is 0. The molecule has 110 valence electrons. The molecule has 6 heteroatoms. The third-order valence-corrected chi connectivity index (χ3v) is 3.92. The molecule has 3 rings (SSSR count). The van der Waals surface area contributed by atoms with E-state index in [1.54, 1.807) is 18.3 Å².